The van der Waals surface area contributed by atoms with E-state index in [2.05, 4.69) is 0 Å². The van der Waals surface area contributed by atoms with E-state index in [1.54, 1.807) is 0 Å². The summed E-state index contributed by atoms with van der Waals surface area (Å²) in [6.45, 7) is 2.02. The van der Waals surface area contributed by atoms with Crippen LogP contribution < -0.4 is 11.5 Å². The predicted molar refractivity (Wildman–Crippen MR) is 66.0 cm³/mol. The van der Waals surface area contributed by atoms with Gasteiger partial charge in [-0.25, -0.2) is 0 Å². The summed E-state index contributed by atoms with van der Waals surface area (Å²) in [7, 11) is 0. The molecular formula is C13H16N2O2. The van der Waals surface area contributed by atoms with Gasteiger partial charge in [-0.05, 0) is 25.3 Å². The molecule has 0 radical (unpaired) electrons. The maximum atomic E-state index is 11.0. The van der Waals surface area contributed by atoms with Crippen molar-refractivity contribution in [2.24, 2.45) is 11.5 Å². The fourth-order valence-corrected chi connectivity index (χ4v) is 1.36. The highest BCUT2D eigenvalue weighted by molar-refractivity contribution is 6.40. The van der Waals surface area contributed by atoms with Crippen LogP contribution in [0.3, 0.4) is 0 Å². The molecule has 1 aromatic carbocycles. The van der Waals surface area contributed by atoms with Crippen molar-refractivity contribution in [3.8, 4) is 0 Å². The number of benzene rings is 1. The number of carbonyl (C=O) groups is 2. The standard InChI is InChI=1S/C13H16N2O2/c1-9-2-4-10(5-3-9)6-7-11(14)8-12(16)13(15)17/h2-5,8H,6-7,14H2,1H3,(H2,15,17)/b11-8-. The van der Waals surface area contributed by atoms with Crippen molar-refractivity contribution >= 4 is 11.7 Å². The summed E-state index contributed by atoms with van der Waals surface area (Å²) in [5.74, 6) is -1.74. The molecule has 0 saturated carbocycles. The van der Waals surface area contributed by atoms with E-state index in [-0.39, 0.29) is 0 Å². The zero-order chi connectivity index (χ0) is 12.8. The normalized spacial score (nSPS) is 11.2. The van der Waals surface area contributed by atoms with E-state index in [4.69, 9.17) is 11.5 Å². The highest BCUT2D eigenvalue weighted by Crippen LogP contribution is 2.07. The minimum absolute atomic E-state index is 0.370. The first-order valence-corrected chi connectivity index (χ1v) is 5.34. The highest BCUT2D eigenvalue weighted by atomic mass is 16.2. The Hall–Kier alpha value is -2.10. The second-order valence-corrected chi connectivity index (χ2v) is 3.93. The molecule has 0 unspecified atom stereocenters. The Morgan fingerprint density at radius 3 is 2.29 bits per heavy atom. The van der Waals surface area contributed by atoms with Crippen LogP contribution in [0.1, 0.15) is 17.5 Å². The Morgan fingerprint density at radius 1 is 1.18 bits per heavy atom. The average molecular weight is 232 g/mol. The molecule has 1 aromatic rings. The number of hydrogen-bond acceptors (Lipinski definition) is 3. The van der Waals surface area contributed by atoms with Gasteiger partial charge in [0, 0.05) is 11.8 Å². The van der Waals surface area contributed by atoms with Crippen molar-refractivity contribution in [1.82, 2.24) is 0 Å². The summed E-state index contributed by atoms with van der Waals surface area (Å²) in [6, 6.07) is 8.06. The fourth-order valence-electron chi connectivity index (χ4n) is 1.36. The van der Waals surface area contributed by atoms with Crippen LogP contribution >= 0.6 is 0 Å². The highest BCUT2D eigenvalue weighted by Gasteiger charge is 2.05. The molecule has 1 amide bonds. The van der Waals surface area contributed by atoms with E-state index in [1.807, 2.05) is 31.2 Å². The maximum absolute atomic E-state index is 11.0. The molecule has 0 fully saturated rings. The van der Waals surface area contributed by atoms with Crippen molar-refractivity contribution in [1.29, 1.82) is 0 Å². The van der Waals surface area contributed by atoms with E-state index >= 15 is 0 Å². The summed E-state index contributed by atoms with van der Waals surface area (Å²) < 4.78 is 0. The molecule has 1 rings (SSSR count). The van der Waals surface area contributed by atoms with Crippen LogP contribution in [-0.2, 0) is 16.0 Å². The number of ketones is 1. The molecule has 4 N–H and O–H groups in total. The third-order valence-corrected chi connectivity index (χ3v) is 2.38. The third-order valence-electron chi connectivity index (χ3n) is 2.38. The molecule has 4 nitrogen and oxygen atoms in total. The summed E-state index contributed by atoms with van der Waals surface area (Å²) >= 11 is 0. The Morgan fingerprint density at radius 2 is 1.76 bits per heavy atom. The van der Waals surface area contributed by atoms with Gasteiger partial charge in [0.15, 0.2) is 0 Å². The number of allylic oxidation sites excluding steroid dienone is 1. The van der Waals surface area contributed by atoms with Gasteiger partial charge >= 0.3 is 0 Å². The lowest BCUT2D eigenvalue weighted by molar-refractivity contribution is -0.133. The minimum Gasteiger partial charge on any atom is -0.402 e. The topological polar surface area (TPSA) is 86.2 Å². The summed E-state index contributed by atoms with van der Waals surface area (Å²) in [6.07, 6.45) is 2.35. The third kappa shape index (κ3) is 4.51. The molecule has 17 heavy (non-hydrogen) atoms. The molecule has 0 aliphatic heterocycles. The molecule has 0 aliphatic carbocycles. The smallest absolute Gasteiger partial charge is 0.289 e. The van der Waals surface area contributed by atoms with Gasteiger partial charge in [0.2, 0.25) is 5.78 Å². The number of amides is 1. The number of nitrogens with two attached hydrogens (primary N) is 2. The first-order valence-electron chi connectivity index (χ1n) is 5.34. The number of hydrogen-bond donors (Lipinski definition) is 2. The van der Waals surface area contributed by atoms with Crippen LogP contribution in [0.4, 0.5) is 0 Å². The van der Waals surface area contributed by atoms with Gasteiger partial charge < -0.3 is 11.5 Å². The predicted octanol–water partition coefficient (Wildman–Crippen LogP) is 0.825. The SMILES string of the molecule is Cc1ccc(CC/C(N)=C/C(=O)C(N)=O)cc1. The molecule has 0 spiro atoms. The van der Waals surface area contributed by atoms with Crippen molar-refractivity contribution < 1.29 is 9.59 Å². The second-order valence-electron chi connectivity index (χ2n) is 3.93. The Bertz CT molecular complexity index is 447. The number of rotatable bonds is 5. The van der Waals surface area contributed by atoms with E-state index in [0.717, 1.165) is 18.1 Å². The first-order chi connectivity index (χ1) is 7.99. The van der Waals surface area contributed by atoms with Crippen LogP contribution in [-0.4, -0.2) is 11.7 Å². The van der Waals surface area contributed by atoms with Crippen LogP contribution in [0.25, 0.3) is 0 Å². The lowest BCUT2D eigenvalue weighted by Gasteiger charge is -2.02. The minimum atomic E-state index is -0.983. The molecular weight excluding hydrogens is 216 g/mol. The van der Waals surface area contributed by atoms with E-state index < -0.39 is 11.7 Å². The van der Waals surface area contributed by atoms with Gasteiger partial charge in [0.1, 0.15) is 0 Å². The zero-order valence-electron chi connectivity index (χ0n) is 9.77. The van der Waals surface area contributed by atoms with Gasteiger partial charge in [-0.1, -0.05) is 29.8 Å². The molecule has 90 valence electrons. The molecule has 0 heterocycles. The molecule has 4 heteroatoms. The Labute approximate surface area is 100 Å². The summed E-state index contributed by atoms with van der Waals surface area (Å²) in [4.78, 5) is 21.5. The first kappa shape index (κ1) is 13.0. The van der Waals surface area contributed by atoms with Crippen molar-refractivity contribution in [3.05, 3.63) is 47.2 Å². The lowest BCUT2D eigenvalue weighted by atomic mass is 10.1. The van der Waals surface area contributed by atoms with E-state index in [0.29, 0.717) is 12.1 Å². The van der Waals surface area contributed by atoms with Crippen LogP contribution in [0.2, 0.25) is 0 Å². The van der Waals surface area contributed by atoms with E-state index in [9.17, 15) is 9.59 Å². The average Bonchev–Trinajstić information content (AvgIpc) is 2.28. The van der Waals surface area contributed by atoms with Crippen LogP contribution in [0.15, 0.2) is 36.0 Å². The Kier molecular flexibility index (Phi) is 4.46. The second kappa shape index (κ2) is 5.84. The molecule has 0 saturated heterocycles. The quantitative estimate of drug-likeness (QED) is 0.582. The Balaban J connectivity index is 2.53. The van der Waals surface area contributed by atoms with Gasteiger partial charge in [-0.2, -0.15) is 0 Å². The van der Waals surface area contributed by atoms with Crippen molar-refractivity contribution in [2.45, 2.75) is 19.8 Å². The van der Waals surface area contributed by atoms with E-state index in [1.165, 1.54) is 5.56 Å². The van der Waals surface area contributed by atoms with Crippen LogP contribution in [0, 0.1) is 6.92 Å². The maximum Gasteiger partial charge on any atom is 0.289 e. The molecule has 0 aliphatic rings. The number of carbonyl (C=O) groups excluding carboxylic acids is 2. The largest absolute Gasteiger partial charge is 0.402 e. The van der Waals surface area contributed by atoms with Crippen molar-refractivity contribution in [3.63, 3.8) is 0 Å². The van der Waals surface area contributed by atoms with Crippen LogP contribution in [0.5, 0.6) is 0 Å². The lowest BCUT2D eigenvalue weighted by Crippen LogP contribution is -2.22. The molecule has 0 atom stereocenters. The van der Waals surface area contributed by atoms with Gasteiger partial charge in [-0.3, -0.25) is 9.59 Å². The van der Waals surface area contributed by atoms with Gasteiger partial charge in [0.25, 0.3) is 5.91 Å². The molecule has 0 aromatic heterocycles. The zero-order valence-corrected chi connectivity index (χ0v) is 9.77. The summed E-state index contributed by atoms with van der Waals surface area (Å²) in [5.41, 5.74) is 13.1. The summed E-state index contributed by atoms with van der Waals surface area (Å²) in [5, 5.41) is 0. The monoisotopic (exact) mass is 232 g/mol. The van der Waals surface area contributed by atoms with Crippen molar-refractivity contribution in [2.75, 3.05) is 0 Å². The van der Waals surface area contributed by atoms with Gasteiger partial charge in [0.05, 0.1) is 0 Å². The number of primary amides is 1. The fraction of sp³-hybridized carbons (Fsp3) is 0.231. The molecule has 0 bridgehead atoms. The number of aryl methyl sites for hydroxylation is 2. The van der Waals surface area contributed by atoms with Gasteiger partial charge in [-0.15, -0.1) is 0 Å².